The number of thiocarbonyl (C=S) groups is 1. The normalized spacial score (nSPS) is 14.2. The van der Waals surface area contributed by atoms with E-state index in [0.717, 1.165) is 11.8 Å². The van der Waals surface area contributed by atoms with Gasteiger partial charge in [0.1, 0.15) is 11.6 Å². The number of nitrogens with zero attached hydrogens (tertiary/aromatic N) is 3. The van der Waals surface area contributed by atoms with Crippen LogP contribution in [-0.2, 0) is 22.5 Å². The van der Waals surface area contributed by atoms with E-state index < -0.39 is 29.5 Å². The lowest BCUT2D eigenvalue weighted by molar-refractivity contribution is -0.138. The summed E-state index contributed by atoms with van der Waals surface area (Å²) in [4.78, 5) is 14.2. The molecule has 2 aromatic rings. The van der Waals surface area contributed by atoms with Crippen molar-refractivity contribution in [1.29, 1.82) is 0 Å². The SMILES string of the molecule is CCOC(=O)C1=CN(C(=S)C[C@H](N)Cc2cc(F)c(F)cc2F)c2cc(C)nn2C1. The number of rotatable bonds is 6. The molecule has 10 heteroatoms. The Hall–Kier alpha value is -2.72. The highest BCUT2D eigenvalue weighted by atomic mass is 32.1. The average Bonchev–Trinajstić information content (AvgIpc) is 3.05. The van der Waals surface area contributed by atoms with Crippen molar-refractivity contribution in [2.24, 2.45) is 5.73 Å². The maximum absolute atomic E-state index is 13.9. The van der Waals surface area contributed by atoms with Crippen LogP contribution in [0.5, 0.6) is 0 Å². The third-order valence-electron chi connectivity index (χ3n) is 4.55. The van der Waals surface area contributed by atoms with Crippen molar-refractivity contribution in [3.8, 4) is 0 Å². The van der Waals surface area contributed by atoms with E-state index in [0.29, 0.717) is 22.4 Å². The van der Waals surface area contributed by atoms with Gasteiger partial charge in [-0.15, -0.1) is 0 Å². The largest absolute Gasteiger partial charge is 0.463 e. The number of nitrogens with two attached hydrogens (primary N) is 1. The van der Waals surface area contributed by atoms with Crippen molar-refractivity contribution in [2.75, 3.05) is 11.5 Å². The Morgan fingerprint density at radius 1 is 1.27 bits per heavy atom. The van der Waals surface area contributed by atoms with Crippen molar-refractivity contribution < 1.29 is 22.7 Å². The first-order chi connectivity index (χ1) is 14.2. The number of aryl methyl sites for hydroxylation is 1. The third kappa shape index (κ3) is 4.71. The molecular weight excluding hydrogens is 417 g/mol. The van der Waals surface area contributed by atoms with Crippen LogP contribution in [0.3, 0.4) is 0 Å². The molecule has 0 saturated carbocycles. The number of halogens is 3. The molecule has 3 rings (SSSR count). The number of esters is 1. The van der Waals surface area contributed by atoms with Gasteiger partial charge < -0.3 is 10.5 Å². The van der Waals surface area contributed by atoms with E-state index in [9.17, 15) is 18.0 Å². The van der Waals surface area contributed by atoms with Crippen molar-refractivity contribution in [3.63, 3.8) is 0 Å². The van der Waals surface area contributed by atoms with Crippen LogP contribution in [0.25, 0.3) is 0 Å². The molecule has 160 valence electrons. The van der Waals surface area contributed by atoms with Crippen LogP contribution >= 0.6 is 12.2 Å². The lowest BCUT2D eigenvalue weighted by Gasteiger charge is -2.28. The second-order valence-corrected chi connectivity index (χ2v) is 7.44. The van der Waals surface area contributed by atoms with Gasteiger partial charge in [0.25, 0.3) is 0 Å². The molecule has 0 saturated heterocycles. The smallest absolute Gasteiger partial charge is 0.337 e. The van der Waals surface area contributed by atoms with Crippen molar-refractivity contribution in [3.05, 3.63) is 58.7 Å². The summed E-state index contributed by atoms with van der Waals surface area (Å²) in [5, 5.41) is 4.36. The van der Waals surface area contributed by atoms with Crippen LogP contribution in [-0.4, -0.2) is 33.4 Å². The predicted molar refractivity (Wildman–Crippen MR) is 109 cm³/mol. The molecule has 0 spiro atoms. The number of ether oxygens (including phenoxy) is 1. The fourth-order valence-corrected chi connectivity index (χ4v) is 3.56. The second kappa shape index (κ2) is 8.97. The van der Waals surface area contributed by atoms with E-state index in [-0.39, 0.29) is 31.6 Å². The van der Waals surface area contributed by atoms with E-state index in [1.54, 1.807) is 22.7 Å². The Labute approximate surface area is 177 Å². The lowest BCUT2D eigenvalue weighted by atomic mass is 10.0. The molecule has 1 aliphatic rings. The van der Waals surface area contributed by atoms with Crippen LogP contribution < -0.4 is 10.6 Å². The van der Waals surface area contributed by atoms with Crippen LogP contribution in [0.15, 0.2) is 30.0 Å². The summed E-state index contributed by atoms with van der Waals surface area (Å²) < 4.78 is 47.2. The minimum Gasteiger partial charge on any atom is -0.463 e. The fourth-order valence-electron chi connectivity index (χ4n) is 3.20. The number of fused-ring (bicyclic) bond motifs is 1. The molecule has 1 atom stereocenters. The summed E-state index contributed by atoms with van der Waals surface area (Å²) in [7, 11) is 0. The molecule has 1 aromatic heterocycles. The van der Waals surface area contributed by atoms with Gasteiger partial charge in [-0.05, 0) is 31.9 Å². The lowest BCUT2D eigenvalue weighted by Crippen LogP contribution is -2.37. The zero-order valence-electron chi connectivity index (χ0n) is 16.5. The van der Waals surface area contributed by atoms with Gasteiger partial charge in [-0.3, -0.25) is 4.90 Å². The Bertz CT molecular complexity index is 1020. The van der Waals surface area contributed by atoms with Gasteiger partial charge in [-0.2, -0.15) is 5.10 Å². The van der Waals surface area contributed by atoms with Gasteiger partial charge in [0.2, 0.25) is 0 Å². The summed E-state index contributed by atoms with van der Waals surface area (Å²) >= 11 is 5.52. The summed E-state index contributed by atoms with van der Waals surface area (Å²) in [6, 6.07) is 2.45. The van der Waals surface area contributed by atoms with Crippen LogP contribution in [0, 0.1) is 24.4 Å². The maximum Gasteiger partial charge on any atom is 0.337 e. The van der Waals surface area contributed by atoms with Crippen molar-refractivity contribution in [2.45, 2.75) is 39.3 Å². The van der Waals surface area contributed by atoms with Gasteiger partial charge in [-0.1, -0.05) is 12.2 Å². The van der Waals surface area contributed by atoms with Gasteiger partial charge in [0.15, 0.2) is 11.6 Å². The zero-order valence-corrected chi connectivity index (χ0v) is 17.3. The molecule has 0 unspecified atom stereocenters. The molecule has 1 aromatic carbocycles. The molecule has 0 amide bonds. The molecular formula is C20H21F3N4O2S. The molecule has 0 radical (unpaired) electrons. The van der Waals surface area contributed by atoms with Gasteiger partial charge >= 0.3 is 5.97 Å². The van der Waals surface area contributed by atoms with Crippen LogP contribution in [0.1, 0.15) is 24.6 Å². The van der Waals surface area contributed by atoms with E-state index in [1.807, 2.05) is 13.0 Å². The number of aromatic nitrogens is 2. The summed E-state index contributed by atoms with van der Waals surface area (Å²) in [5.74, 6) is -3.08. The Morgan fingerprint density at radius 2 is 1.97 bits per heavy atom. The minimum absolute atomic E-state index is 0.0357. The molecule has 0 aliphatic carbocycles. The average molecular weight is 438 g/mol. The van der Waals surface area contributed by atoms with E-state index >= 15 is 0 Å². The molecule has 0 fully saturated rings. The van der Waals surface area contributed by atoms with Crippen molar-refractivity contribution in [1.82, 2.24) is 9.78 Å². The Kier molecular flexibility index (Phi) is 6.57. The monoisotopic (exact) mass is 438 g/mol. The molecule has 2 N–H and O–H groups in total. The van der Waals surface area contributed by atoms with Crippen molar-refractivity contribution >= 4 is 29.0 Å². The first-order valence-electron chi connectivity index (χ1n) is 9.33. The Balaban J connectivity index is 1.79. The number of carbonyl (C=O) groups is 1. The number of anilines is 1. The summed E-state index contributed by atoms with van der Waals surface area (Å²) in [6.07, 6.45) is 1.69. The first-order valence-corrected chi connectivity index (χ1v) is 9.73. The fraction of sp³-hybridized carbons (Fsp3) is 0.350. The third-order valence-corrected chi connectivity index (χ3v) is 4.91. The second-order valence-electron chi connectivity index (χ2n) is 6.97. The first kappa shape index (κ1) is 22.0. The topological polar surface area (TPSA) is 73.4 Å². The zero-order chi connectivity index (χ0) is 22.0. The number of hydrogen-bond donors (Lipinski definition) is 1. The van der Waals surface area contributed by atoms with E-state index in [1.165, 1.54) is 0 Å². The Morgan fingerprint density at radius 3 is 2.67 bits per heavy atom. The highest BCUT2D eigenvalue weighted by Crippen LogP contribution is 2.26. The summed E-state index contributed by atoms with van der Waals surface area (Å²) in [5.41, 5.74) is 7.18. The van der Waals surface area contributed by atoms with Crippen LogP contribution in [0.2, 0.25) is 0 Å². The predicted octanol–water partition coefficient (Wildman–Crippen LogP) is 3.16. The number of hydrogen-bond acceptors (Lipinski definition) is 5. The number of benzene rings is 1. The van der Waals surface area contributed by atoms with Gasteiger partial charge in [0.05, 0.1) is 29.4 Å². The maximum atomic E-state index is 13.9. The standard InChI is InChI=1S/C20H21F3N4O2S/c1-3-29-20(28)13-9-26(18-4-11(2)25-27(18)10-13)19(30)7-14(24)5-12-6-16(22)17(23)8-15(12)21/h4,6,8-9,14H,3,5,7,10,24H2,1-2H3/t14-/m1/s1. The van der Waals surface area contributed by atoms with Gasteiger partial charge in [-0.25, -0.2) is 22.6 Å². The van der Waals surface area contributed by atoms with E-state index in [4.69, 9.17) is 22.7 Å². The summed E-state index contributed by atoms with van der Waals surface area (Å²) in [6.45, 7) is 4.00. The van der Waals surface area contributed by atoms with Gasteiger partial charge in [0, 0.05) is 30.8 Å². The number of carbonyl (C=O) groups excluding carboxylic acids is 1. The highest BCUT2D eigenvalue weighted by Gasteiger charge is 2.27. The minimum atomic E-state index is -1.26. The van der Waals surface area contributed by atoms with E-state index in [2.05, 4.69) is 5.10 Å². The molecule has 6 nitrogen and oxygen atoms in total. The quantitative estimate of drug-likeness (QED) is 0.424. The molecule has 30 heavy (non-hydrogen) atoms. The van der Waals surface area contributed by atoms with Crippen LogP contribution in [0.4, 0.5) is 19.0 Å². The highest BCUT2D eigenvalue weighted by molar-refractivity contribution is 7.80. The molecule has 0 bridgehead atoms. The molecule has 2 heterocycles. The molecule has 1 aliphatic heterocycles.